The van der Waals surface area contributed by atoms with Gasteiger partial charge in [0.2, 0.25) is 0 Å². The summed E-state index contributed by atoms with van der Waals surface area (Å²) in [6, 6.07) is 9.91. The van der Waals surface area contributed by atoms with Crippen LogP contribution in [0.15, 0.2) is 42.6 Å². The molecule has 0 aliphatic carbocycles. The number of likely N-dealkylation sites (N-methyl/N-ethyl adjacent to an activating group) is 1. The average molecular weight is 446 g/mol. The summed E-state index contributed by atoms with van der Waals surface area (Å²) in [7, 11) is 2.06. The molecule has 4 heterocycles. The lowest BCUT2D eigenvalue weighted by Crippen LogP contribution is -2.29. The SMILES string of the molecule is Cc1nc2c(C(N)=O)cccn2c1-c1nc2c(c(NCc3cccc(F)c3)n1)CN(C)CC2. The van der Waals surface area contributed by atoms with Crippen molar-refractivity contribution in [3.63, 3.8) is 0 Å². The van der Waals surface area contributed by atoms with E-state index in [4.69, 9.17) is 15.7 Å². The predicted octanol–water partition coefficient (Wildman–Crippen LogP) is 2.94. The number of amides is 1. The molecule has 3 N–H and O–H groups in total. The maximum absolute atomic E-state index is 13.6. The summed E-state index contributed by atoms with van der Waals surface area (Å²) in [6.45, 7) is 3.91. The molecular formula is C24H24FN7O. The van der Waals surface area contributed by atoms with E-state index in [1.807, 2.05) is 23.6 Å². The molecule has 5 rings (SSSR count). The summed E-state index contributed by atoms with van der Waals surface area (Å²) >= 11 is 0. The molecule has 0 radical (unpaired) electrons. The molecular weight excluding hydrogens is 421 g/mol. The van der Waals surface area contributed by atoms with Crippen LogP contribution in [0.5, 0.6) is 0 Å². The number of hydrogen-bond donors (Lipinski definition) is 2. The van der Waals surface area contributed by atoms with Gasteiger partial charge in [0.1, 0.15) is 23.0 Å². The maximum Gasteiger partial charge on any atom is 0.252 e. The van der Waals surface area contributed by atoms with Gasteiger partial charge in [-0.2, -0.15) is 0 Å². The van der Waals surface area contributed by atoms with Crippen LogP contribution in [0.25, 0.3) is 17.2 Å². The molecule has 0 saturated carbocycles. The number of carbonyl (C=O) groups excluding carboxylic acids is 1. The minimum atomic E-state index is -0.538. The molecule has 0 atom stereocenters. The molecule has 0 bridgehead atoms. The van der Waals surface area contributed by atoms with E-state index in [9.17, 15) is 9.18 Å². The molecule has 0 unspecified atom stereocenters. The second-order valence-electron chi connectivity index (χ2n) is 8.32. The summed E-state index contributed by atoms with van der Waals surface area (Å²) in [4.78, 5) is 28.4. The van der Waals surface area contributed by atoms with Crippen LogP contribution in [0.4, 0.5) is 10.2 Å². The number of nitrogens with two attached hydrogens (primary N) is 1. The molecule has 0 saturated heterocycles. The number of hydrogen-bond acceptors (Lipinski definition) is 6. The fraction of sp³-hybridized carbons (Fsp3) is 0.250. The number of anilines is 1. The molecule has 0 fully saturated rings. The summed E-state index contributed by atoms with van der Waals surface area (Å²) in [5.74, 6) is 0.424. The lowest BCUT2D eigenvalue weighted by molar-refractivity contribution is 0.100. The van der Waals surface area contributed by atoms with Crippen LogP contribution in [-0.4, -0.2) is 43.8 Å². The first-order valence-corrected chi connectivity index (χ1v) is 10.7. The molecule has 33 heavy (non-hydrogen) atoms. The number of aryl methyl sites for hydroxylation is 1. The first-order chi connectivity index (χ1) is 15.9. The Morgan fingerprint density at radius 1 is 1.21 bits per heavy atom. The summed E-state index contributed by atoms with van der Waals surface area (Å²) < 4.78 is 15.5. The third-order valence-corrected chi connectivity index (χ3v) is 5.90. The standard InChI is InChI=1S/C24H24FN7O/c1-14-20(32-9-4-7-17(21(26)33)24(32)28-14)23-29-19-8-10-31(2)13-18(19)22(30-23)27-12-15-5-3-6-16(25)11-15/h3-7,9,11H,8,10,12-13H2,1-2H3,(H2,26,33)(H,27,29,30). The Balaban J connectivity index is 1.62. The fourth-order valence-electron chi connectivity index (χ4n) is 4.28. The normalized spacial score (nSPS) is 13.8. The van der Waals surface area contributed by atoms with Crippen molar-refractivity contribution in [2.45, 2.75) is 26.4 Å². The number of aromatic nitrogens is 4. The van der Waals surface area contributed by atoms with Crippen molar-refractivity contribution in [2.24, 2.45) is 5.73 Å². The molecule has 1 aliphatic heterocycles. The zero-order valence-electron chi connectivity index (χ0n) is 18.5. The van der Waals surface area contributed by atoms with Gasteiger partial charge in [0.25, 0.3) is 5.91 Å². The average Bonchev–Trinajstić information content (AvgIpc) is 3.13. The lowest BCUT2D eigenvalue weighted by atomic mass is 10.1. The van der Waals surface area contributed by atoms with E-state index in [1.54, 1.807) is 18.2 Å². The van der Waals surface area contributed by atoms with Crippen LogP contribution < -0.4 is 11.1 Å². The molecule has 1 aliphatic rings. The highest BCUT2D eigenvalue weighted by Crippen LogP contribution is 2.30. The Morgan fingerprint density at radius 3 is 2.85 bits per heavy atom. The number of nitrogens with one attached hydrogen (secondary N) is 1. The Morgan fingerprint density at radius 2 is 2.06 bits per heavy atom. The first-order valence-electron chi connectivity index (χ1n) is 10.7. The topological polar surface area (TPSA) is 101 Å². The van der Waals surface area contributed by atoms with Crippen molar-refractivity contribution in [1.29, 1.82) is 0 Å². The van der Waals surface area contributed by atoms with Gasteiger partial charge in [-0.25, -0.2) is 19.3 Å². The van der Waals surface area contributed by atoms with E-state index < -0.39 is 5.91 Å². The van der Waals surface area contributed by atoms with Gasteiger partial charge >= 0.3 is 0 Å². The number of rotatable bonds is 5. The molecule has 0 spiro atoms. The van der Waals surface area contributed by atoms with Crippen molar-refractivity contribution in [3.8, 4) is 11.5 Å². The minimum Gasteiger partial charge on any atom is -0.366 e. The Kier molecular flexibility index (Phi) is 5.26. The number of benzene rings is 1. The van der Waals surface area contributed by atoms with Crippen LogP contribution in [0.3, 0.4) is 0 Å². The fourth-order valence-corrected chi connectivity index (χ4v) is 4.28. The van der Waals surface area contributed by atoms with Gasteiger partial charge in [-0.15, -0.1) is 0 Å². The van der Waals surface area contributed by atoms with Gasteiger partial charge in [0.15, 0.2) is 5.82 Å². The van der Waals surface area contributed by atoms with Gasteiger partial charge in [-0.05, 0) is 43.8 Å². The third kappa shape index (κ3) is 3.91. The van der Waals surface area contributed by atoms with Gasteiger partial charge in [0, 0.05) is 37.8 Å². The smallest absolute Gasteiger partial charge is 0.252 e. The quantitative estimate of drug-likeness (QED) is 0.490. The zero-order chi connectivity index (χ0) is 23.1. The van der Waals surface area contributed by atoms with Crippen LogP contribution >= 0.6 is 0 Å². The summed E-state index contributed by atoms with van der Waals surface area (Å²) in [6.07, 6.45) is 2.62. The van der Waals surface area contributed by atoms with Crippen LogP contribution in [-0.2, 0) is 19.5 Å². The Bertz CT molecular complexity index is 1380. The van der Waals surface area contributed by atoms with Gasteiger partial charge in [0.05, 0.1) is 17.0 Å². The monoisotopic (exact) mass is 445 g/mol. The molecule has 4 aromatic rings. The van der Waals surface area contributed by atoms with Gasteiger partial charge in [-0.3, -0.25) is 9.20 Å². The van der Waals surface area contributed by atoms with E-state index in [0.29, 0.717) is 40.8 Å². The summed E-state index contributed by atoms with van der Waals surface area (Å²) in [5.41, 5.74) is 10.6. The van der Waals surface area contributed by atoms with Crippen molar-refractivity contribution in [2.75, 3.05) is 18.9 Å². The van der Waals surface area contributed by atoms with Crippen LogP contribution in [0.2, 0.25) is 0 Å². The van der Waals surface area contributed by atoms with E-state index >= 15 is 0 Å². The number of pyridine rings is 1. The maximum atomic E-state index is 13.6. The molecule has 9 heteroatoms. The lowest BCUT2D eigenvalue weighted by Gasteiger charge is -2.26. The number of halogens is 1. The molecule has 8 nitrogen and oxygen atoms in total. The highest BCUT2D eigenvalue weighted by Gasteiger charge is 2.24. The first kappa shape index (κ1) is 21.0. The third-order valence-electron chi connectivity index (χ3n) is 5.90. The van der Waals surface area contributed by atoms with Gasteiger partial charge < -0.3 is 16.0 Å². The number of nitrogens with zero attached hydrogens (tertiary/aromatic N) is 5. The van der Waals surface area contributed by atoms with E-state index in [1.165, 1.54) is 12.1 Å². The highest BCUT2D eigenvalue weighted by atomic mass is 19.1. The van der Waals surface area contributed by atoms with Gasteiger partial charge in [-0.1, -0.05) is 12.1 Å². The molecule has 1 aromatic carbocycles. The van der Waals surface area contributed by atoms with Crippen LogP contribution in [0, 0.1) is 12.7 Å². The van der Waals surface area contributed by atoms with Crippen molar-refractivity contribution in [1.82, 2.24) is 24.3 Å². The van der Waals surface area contributed by atoms with E-state index in [0.717, 1.165) is 36.3 Å². The second-order valence-corrected chi connectivity index (χ2v) is 8.32. The zero-order valence-corrected chi connectivity index (χ0v) is 18.5. The number of carbonyl (C=O) groups is 1. The Labute approximate surface area is 190 Å². The second kappa shape index (κ2) is 8.25. The Hall–Kier alpha value is -3.85. The highest BCUT2D eigenvalue weighted by molar-refractivity contribution is 5.99. The number of fused-ring (bicyclic) bond motifs is 2. The van der Waals surface area contributed by atoms with E-state index in [-0.39, 0.29) is 5.82 Å². The molecule has 3 aromatic heterocycles. The van der Waals surface area contributed by atoms with E-state index in [2.05, 4.69) is 22.2 Å². The molecule has 168 valence electrons. The molecule has 1 amide bonds. The van der Waals surface area contributed by atoms with Crippen LogP contribution in [0.1, 0.15) is 32.9 Å². The summed E-state index contributed by atoms with van der Waals surface area (Å²) in [5, 5.41) is 3.39. The van der Waals surface area contributed by atoms with Crippen molar-refractivity contribution < 1.29 is 9.18 Å². The van der Waals surface area contributed by atoms with Crippen molar-refractivity contribution in [3.05, 3.63) is 76.5 Å². The number of imidazole rings is 1. The minimum absolute atomic E-state index is 0.272. The van der Waals surface area contributed by atoms with Crippen molar-refractivity contribution >= 4 is 17.4 Å². The largest absolute Gasteiger partial charge is 0.366 e. The predicted molar refractivity (Wildman–Crippen MR) is 123 cm³/mol. The number of primary amides is 1.